The fourth-order valence-electron chi connectivity index (χ4n) is 2.43. The molecular weight excluding hydrogens is 216 g/mol. The first kappa shape index (κ1) is 12.1. The van der Waals surface area contributed by atoms with E-state index in [1.54, 1.807) is 6.92 Å². The lowest BCUT2D eigenvalue weighted by atomic mass is 9.93. The maximum absolute atomic E-state index is 11.8. The van der Waals surface area contributed by atoms with Crippen molar-refractivity contribution >= 4 is 5.97 Å². The van der Waals surface area contributed by atoms with Gasteiger partial charge in [0.2, 0.25) is 0 Å². The zero-order valence-electron chi connectivity index (χ0n) is 10.1. The molecule has 1 N–H and O–H groups in total. The minimum Gasteiger partial charge on any atom is -0.466 e. The van der Waals surface area contributed by atoms with E-state index in [1.807, 2.05) is 24.3 Å². The van der Waals surface area contributed by atoms with E-state index in [0.717, 1.165) is 24.0 Å². The van der Waals surface area contributed by atoms with Gasteiger partial charge in [-0.2, -0.15) is 0 Å². The molecule has 0 aliphatic heterocycles. The van der Waals surface area contributed by atoms with Gasteiger partial charge in [-0.3, -0.25) is 4.79 Å². The summed E-state index contributed by atoms with van der Waals surface area (Å²) in [4.78, 5) is 11.8. The molecule has 0 spiro atoms. The smallest absolute Gasteiger partial charge is 0.311 e. The van der Waals surface area contributed by atoms with Crippen LogP contribution >= 0.6 is 0 Å². The van der Waals surface area contributed by atoms with Crippen molar-refractivity contribution in [3.63, 3.8) is 0 Å². The van der Waals surface area contributed by atoms with Gasteiger partial charge in [0, 0.05) is 0 Å². The van der Waals surface area contributed by atoms with Crippen LogP contribution in [-0.2, 0) is 16.0 Å². The highest BCUT2D eigenvalue weighted by Crippen LogP contribution is 2.33. The average molecular weight is 234 g/mol. The Morgan fingerprint density at radius 3 is 3.00 bits per heavy atom. The lowest BCUT2D eigenvalue weighted by Crippen LogP contribution is -2.24. The van der Waals surface area contributed by atoms with Crippen molar-refractivity contribution in [1.82, 2.24) is 0 Å². The van der Waals surface area contributed by atoms with Crippen molar-refractivity contribution in [2.75, 3.05) is 6.61 Å². The second-order valence-corrected chi connectivity index (χ2v) is 4.39. The summed E-state index contributed by atoms with van der Waals surface area (Å²) < 4.78 is 5.02. The Bertz CT molecular complexity index is 400. The number of hydrogen-bond donors (Lipinski definition) is 1. The maximum atomic E-state index is 11.8. The van der Waals surface area contributed by atoms with Crippen LogP contribution in [0.4, 0.5) is 0 Å². The third-order valence-electron chi connectivity index (χ3n) is 3.31. The molecule has 1 aliphatic carbocycles. The Kier molecular flexibility index (Phi) is 3.79. The molecule has 0 fully saturated rings. The number of hydrogen-bond acceptors (Lipinski definition) is 3. The standard InChI is InChI=1S/C14H18O3/c1-2-17-14(16)12-9-5-7-10-6-3-4-8-11(10)13(12)15/h3-4,6,8,12-13,15H,2,5,7,9H2,1H3. The van der Waals surface area contributed by atoms with Gasteiger partial charge in [-0.25, -0.2) is 0 Å². The maximum Gasteiger partial charge on any atom is 0.311 e. The number of benzene rings is 1. The van der Waals surface area contributed by atoms with E-state index in [4.69, 9.17) is 4.74 Å². The van der Waals surface area contributed by atoms with Crippen LogP contribution in [0.3, 0.4) is 0 Å². The molecule has 0 saturated carbocycles. The molecular formula is C14H18O3. The summed E-state index contributed by atoms with van der Waals surface area (Å²) in [6.45, 7) is 2.15. The molecule has 0 saturated heterocycles. The number of carbonyl (C=O) groups excluding carboxylic acids is 1. The van der Waals surface area contributed by atoms with Gasteiger partial charge in [0.15, 0.2) is 0 Å². The second-order valence-electron chi connectivity index (χ2n) is 4.39. The fourth-order valence-corrected chi connectivity index (χ4v) is 2.43. The zero-order valence-corrected chi connectivity index (χ0v) is 10.1. The van der Waals surface area contributed by atoms with Gasteiger partial charge in [-0.1, -0.05) is 24.3 Å². The predicted molar refractivity (Wildman–Crippen MR) is 64.5 cm³/mol. The van der Waals surface area contributed by atoms with Gasteiger partial charge in [-0.05, 0) is 37.3 Å². The Hall–Kier alpha value is -1.35. The number of esters is 1. The van der Waals surface area contributed by atoms with Gasteiger partial charge < -0.3 is 9.84 Å². The van der Waals surface area contributed by atoms with E-state index in [1.165, 1.54) is 0 Å². The number of aryl methyl sites for hydroxylation is 1. The molecule has 0 bridgehead atoms. The van der Waals surface area contributed by atoms with Crippen LogP contribution in [0, 0.1) is 5.92 Å². The highest BCUT2D eigenvalue weighted by atomic mass is 16.5. The molecule has 17 heavy (non-hydrogen) atoms. The Balaban J connectivity index is 2.25. The van der Waals surface area contributed by atoms with Crippen LogP contribution in [0.15, 0.2) is 24.3 Å². The molecule has 0 heterocycles. The van der Waals surface area contributed by atoms with Crippen LogP contribution in [0.2, 0.25) is 0 Å². The Morgan fingerprint density at radius 1 is 1.47 bits per heavy atom. The van der Waals surface area contributed by atoms with Crippen LogP contribution in [0.5, 0.6) is 0 Å². The van der Waals surface area contributed by atoms with Crippen molar-refractivity contribution in [3.8, 4) is 0 Å². The molecule has 0 aromatic heterocycles. The summed E-state index contributed by atoms with van der Waals surface area (Å²) in [6, 6.07) is 7.79. The van der Waals surface area contributed by atoms with Crippen LogP contribution in [0.25, 0.3) is 0 Å². The second kappa shape index (κ2) is 5.32. The van der Waals surface area contributed by atoms with E-state index < -0.39 is 12.0 Å². The number of carbonyl (C=O) groups is 1. The molecule has 3 heteroatoms. The quantitative estimate of drug-likeness (QED) is 0.630. The SMILES string of the molecule is CCOC(=O)C1CCCc2ccccc2C1O. The normalized spacial score (nSPS) is 23.6. The molecule has 2 rings (SSSR count). The highest BCUT2D eigenvalue weighted by Gasteiger charge is 2.32. The largest absolute Gasteiger partial charge is 0.466 e. The number of aliphatic hydroxyl groups is 1. The molecule has 1 aromatic rings. The third-order valence-corrected chi connectivity index (χ3v) is 3.31. The zero-order chi connectivity index (χ0) is 12.3. The molecule has 0 amide bonds. The van der Waals surface area contributed by atoms with E-state index in [2.05, 4.69) is 0 Å². The Labute approximate surface area is 101 Å². The highest BCUT2D eigenvalue weighted by molar-refractivity contribution is 5.73. The Morgan fingerprint density at radius 2 is 2.24 bits per heavy atom. The molecule has 2 unspecified atom stereocenters. The first-order valence-corrected chi connectivity index (χ1v) is 6.16. The number of rotatable bonds is 2. The van der Waals surface area contributed by atoms with Crippen molar-refractivity contribution in [2.24, 2.45) is 5.92 Å². The minimum absolute atomic E-state index is 0.281. The topological polar surface area (TPSA) is 46.5 Å². The average Bonchev–Trinajstić information content (AvgIpc) is 2.50. The molecule has 1 aliphatic rings. The summed E-state index contributed by atoms with van der Waals surface area (Å²) in [5.41, 5.74) is 2.02. The fraction of sp³-hybridized carbons (Fsp3) is 0.500. The van der Waals surface area contributed by atoms with Crippen LogP contribution in [-0.4, -0.2) is 17.7 Å². The van der Waals surface area contributed by atoms with E-state index in [-0.39, 0.29) is 5.97 Å². The number of fused-ring (bicyclic) bond motifs is 1. The van der Waals surface area contributed by atoms with Crippen LogP contribution < -0.4 is 0 Å². The van der Waals surface area contributed by atoms with Crippen molar-refractivity contribution in [2.45, 2.75) is 32.3 Å². The van der Waals surface area contributed by atoms with E-state index >= 15 is 0 Å². The summed E-state index contributed by atoms with van der Waals surface area (Å²) in [6.07, 6.45) is 1.79. The lowest BCUT2D eigenvalue weighted by Gasteiger charge is -2.20. The summed E-state index contributed by atoms with van der Waals surface area (Å²) in [5, 5.41) is 10.3. The predicted octanol–water partition coefficient (Wildman–Crippen LogP) is 2.24. The lowest BCUT2D eigenvalue weighted by molar-refractivity contribution is -0.152. The number of aliphatic hydroxyl groups excluding tert-OH is 1. The van der Waals surface area contributed by atoms with Crippen molar-refractivity contribution in [1.29, 1.82) is 0 Å². The van der Waals surface area contributed by atoms with Crippen molar-refractivity contribution < 1.29 is 14.6 Å². The number of ether oxygens (including phenoxy) is 1. The van der Waals surface area contributed by atoms with Gasteiger partial charge in [0.25, 0.3) is 0 Å². The molecule has 1 aromatic carbocycles. The van der Waals surface area contributed by atoms with Gasteiger partial charge in [-0.15, -0.1) is 0 Å². The summed E-state index contributed by atoms with van der Waals surface area (Å²) in [5.74, 6) is -0.699. The van der Waals surface area contributed by atoms with E-state index in [9.17, 15) is 9.90 Å². The minimum atomic E-state index is -0.729. The van der Waals surface area contributed by atoms with E-state index in [0.29, 0.717) is 13.0 Å². The first-order valence-electron chi connectivity index (χ1n) is 6.16. The van der Waals surface area contributed by atoms with Crippen LogP contribution in [0.1, 0.15) is 37.0 Å². The molecule has 3 nitrogen and oxygen atoms in total. The third kappa shape index (κ3) is 2.50. The molecule has 0 radical (unpaired) electrons. The summed E-state index contributed by atoms with van der Waals surface area (Å²) in [7, 11) is 0. The van der Waals surface area contributed by atoms with Gasteiger partial charge in [0.1, 0.15) is 0 Å². The molecule has 2 atom stereocenters. The molecule has 92 valence electrons. The summed E-state index contributed by atoms with van der Waals surface area (Å²) >= 11 is 0. The first-order chi connectivity index (χ1) is 8.24. The van der Waals surface area contributed by atoms with Gasteiger partial charge >= 0.3 is 5.97 Å². The van der Waals surface area contributed by atoms with Gasteiger partial charge in [0.05, 0.1) is 18.6 Å². The monoisotopic (exact) mass is 234 g/mol. The van der Waals surface area contributed by atoms with Crippen molar-refractivity contribution in [3.05, 3.63) is 35.4 Å².